The van der Waals surface area contributed by atoms with Gasteiger partial charge in [-0.15, -0.1) is 0 Å². The van der Waals surface area contributed by atoms with Crippen LogP contribution in [-0.2, 0) is 9.47 Å². The molecular formula is C28H25F3N2O5. The highest BCUT2D eigenvalue weighted by atomic mass is 19.3. The Balaban J connectivity index is 1.16. The van der Waals surface area contributed by atoms with E-state index < -0.39 is 24.5 Å². The number of ether oxygens (including phenoxy) is 4. The third-order valence-electron chi connectivity index (χ3n) is 6.74. The third kappa shape index (κ3) is 4.94. The number of H-pyrrole nitrogens is 1. The van der Waals surface area contributed by atoms with Crippen LogP contribution in [0.4, 0.5) is 13.2 Å². The third-order valence-corrected chi connectivity index (χ3v) is 6.74. The average Bonchev–Trinajstić information content (AvgIpc) is 3.60. The first-order valence-electron chi connectivity index (χ1n) is 12.3. The van der Waals surface area contributed by atoms with E-state index in [1.165, 1.54) is 6.07 Å². The van der Waals surface area contributed by atoms with Crippen molar-refractivity contribution in [3.05, 3.63) is 66.5 Å². The van der Waals surface area contributed by atoms with E-state index >= 15 is 4.39 Å². The maximum absolute atomic E-state index is 15.0. The minimum atomic E-state index is -2.39. The highest BCUT2D eigenvalue weighted by Gasteiger charge is 2.48. The number of fused-ring (bicyclic) bond motifs is 2. The minimum Gasteiger partial charge on any atom is -0.493 e. The molecule has 0 spiro atoms. The first kappa shape index (κ1) is 24.7. The molecule has 0 saturated carbocycles. The standard InChI is InChI=1S/C28H25F3N2O5/c29-19-11-20-21(12-25(32-20)38-23-14-37-27-22(34)13-36-28(23)27)33-26(19)17-3-1-15(2-4-17)16-5-7-18(8-6-16)35-10-9-24(30)31/h1-8,11-12,22-24,27-28,32,34H,9-10,13-14H2/t22-,23-,27-,28-/m1/s1. The monoisotopic (exact) mass is 526 g/mol. The topological polar surface area (TPSA) is 85.8 Å². The smallest absolute Gasteiger partial charge is 0.241 e. The van der Waals surface area contributed by atoms with Crippen LogP contribution in [0.15, 0.2) is 60.7 Å². The first-order valence-corrected chi connectivity index (χ1v) is 12.3. The Morgan fingerprint density at radius 3 is 2.37 bits per heavy atom. The minimum absolute atomic E-state index is 0.0437. The zero-order chi connectivity index (χ0) is 26.2. The lowest BCUT2D eigenvalue weighted by molar-refractivity contribution is 0.00794. The summed E-state index contributed by atoms with van der Waals surface area (Å²) in [6.07, 6.45) is -4.52. The number of hydrogen-bond donors (Lipinski definition) is 2. The van der Waals surface area contributed by atoms with E-state index in [1.54, 1.807) is 30.3 Å². The Kier molecular flexibility index (Phi) is 6.69. The predicted molar refractivity (Wildman–Crippen MR) is 133 cm³/mol. The van der Waals surface area contributed by atoms with Crippen LogP contribution in [0.3, 0.4) is 0 Å². The normalized spacial score (nSPS) is 22.8. The second kappa shape index (κ2) is 10.3. The fraction of sp³-hybridized carbons (Fsp3) is 0.321. The lowest BCUT2D eigenvalue weighted by Gasteiger charge is -2.16. The average molecular weight is 527 g/mol. The number of nitrogens with zero attached hydrogens (tertiary/aromatic N) is 1. The Hall–Kier alpha value is -3.60. The van der Waals surface area contributed by atoms with Gasteiger partial charge in [-0.3, -0.25) is 0 Å². The Morgan fingerprint density at radius 2 is 1.63 bits per heavy atom. The van der Waals surface area contributed by atoms with E-state index in [0.29, 0.717) is 28.2 Å². The van der Waals surface area contributed by atoms with Gasteiger partial charge in [0.2, 0.25) is 6.43 Å². The molecule has 2 N–H and O–H groups in total. The lowest BCUT2D eigenvalue weighted by Crippen LogP contribution is -2.34. The number of nitrogens with one attached hydrogen (secondary N) is 1. The number of rotatable bonds is 8. The highest BCUT2D eigenvalue weighted by molar-refractivity contribution is 5.81. The van der Waals surface area contributed by atoms with Crippen LogP contribution >= 0.6 is 0 Å². The molecule has 2 aliphatic rings. The van der Waals surface area contributed by atoms with Crippen molar-refractivity contribution in [1.82, 2.24) is 9.97 Å². The molecule has 4 atom stereocenters. The van der Waals surface area contributed by atoms with Crippen LogP contribution in [0.2, 0.25) is 0 Å². The number of halogens is 3. The number of benzene rings is 2. The summed E-state index contributed by atoms with van der Waals surface area (Å²) >= 11 is 0. The van der Waals surface area contributed by atoms with Crippen LogP contribution < -0.4 is 9.47 Å². The molecule has 38 heavy (non-hydrogen) atoms. The van der Waals surface area contributed by atoms with Crippen molar-refractivity contribution in [2.45, 2.75) is 37.3 Å². The number of aromatic nitrogens is 2. The summed E-state index contributed by atoms with van der Waals surface area (Å²) in [5.74, 6) is 0.463. The maximum Gasteiger partial charge on any atom is 0.241 e. The number of aliphatic hydroxyl groups is 1. The molecule has 4 heterocycles. The largest absolute Gasteiger partial charge is 0.493 e. The molecule has 0 aliphatic carbocycles. The molecule has 0 amide bonds. The molecule has 0 unspecified atom stereocenters. The van der Waals surface area contributed by atoms with Crippen molar-refractivity contribution in [1.29, 1.82) is 0 Å². The number of aromatic amines is 1. The summed E-state index contributed by atoms with van der Waals surface area (Å²) in [5.41, 5.74) is 3.68. The highest BCUT2D eigenvalue weighted by Crippen LogP contribution is 2.32. The Bertz CT molecular complexity index is 1410. The Morgan fingerprint density at radius 1 is 0.947 bits per heavy atom. The molecule has 6 rings (SSSR count). The summed E-state index contributed by atoms with van der Waals surface area (Å²) in [6.45, 7) is 0.452. The van der Waals surface area contributed by atoms with E-state index in [-0.39, 0.29) is 44.1 Å². The molecule has 7 nitrogen and oxygen atoms in total. The van der Waals surface area contributed by atoms with Crippen LogP contribution in [-0.4, -0.2) is 65.7 Å². The fourth-order valence-electron chi connectivity index (χ4n) is 4.81. The maximum atomic E-state index is 15.0. The van der Waals surface area contributed by atoms with Gasteiger partial charge in [0.15, 0.2) is 17.8 Å². The van der Waals surface area contributed by atoms with Crippen LogP contribution in [0, 0.1) is 5.82 Å². The number of hydrogen-bond acceptors (Lipinski definition) is 6. The van der Waals surface area contributed by atoms with Gasteiger partial charge in [-0.2, -0.15) is 0 Å². The summed E-state index contributed by atoms with van der Waals surface area (Å²) in [6, 6.07) is 17.6. The zero-order valence-electron chi connectivity index (χ0n) is 20.1. The Labute approximate surface area is 216 Å². The van der Waals surface area contributed by atoms with Crippen LogP contribution in [0.5, 0.6) is 11.6 Å². The molecule has 0 bridgehead atoms. The van der Waals surface area contributed by atoms with Crippen LogP contribution in [0.25, 0.3) is 33.4 Å². The summed E-state index contributed by atoms with van der Waals surface area (Å²) in [4.78, 5) is 7.56. The number of aliphatic hydroxyl groups excluding tert-OH is 1. The van der Waals surface area contributed by atoms with E-state index in [2.05, 4.69) is 9.97 Å². The van der Waals surface area contributed by atoms with E-state index in [4.69, 9.17) is 18.9 Å². The quantitative estimate of drug-likeness (QED) is 0.337. The van der Waals surface area contributed by atoms with Gasteiger partial charge in [0.25, 0.3) is 0 Å². The van der Waals surface area contributed by atoms with Crippen molar-refractivity contribution >= 4 is 11.0 Å². The van der Waals surface area contributed by atoms with Crippen molar-refractivity contribution in [2.24, 2.45) is 0 Å². The van der Waals surface area contributed by atoms with Gasteiger partial charge in [-0.05, 0) is 23.3 Å². The molecular weight excluding hydrogens is 501 g/mol. The molecule has 2 aromatic heterocycles. The van der Waals surface area contributed by atoms with Gasteiger partial charge < -0.3 is 29.0 Å². The van der Waals surface area contributed by atoms with E-state index in [1.807, 2.05) is 24.3 Å². The van der Waals surface area contributed by atoms with Gasteiger partial charge >= 0.3 is 0 Å². The molecule has 10 heteroatoms. The predicted octanol–water partition coefficient (Wildman–Crippen LogP) is 4.98. The van der Waals surface area contributed by atoms with E-state index in [9.17, 15) is 13.9 Å². The van der Waals surface area contributed by atoms with Crippen LogP contribution in [0.1, 0.15) is 6.42 Å². The second-order valence-electron chi connectivity index (χ2n) is 9.33. The first-order chi connectivity index (χ1) is 18.4. The number of alkyl halides is 2. The molecule has 2 saturated heterocycles. The molecule has 0 radical (unpaired) electrons. The SMILES string of the molecule is O[C@@H]1CO[C@H]2[C@@H]1OC[C@H]2Oc1cc2nc(-c3ccc(-c4ccc(OCCC(F)F)cc4)cc3)c(F)cc2[nH]1. The van der Waals surface area contributed by atoms with Gasteiger partial charge in [0.05, 0.1) is 30.9 Å². The lowest BCUT2D eigenvalue weighted by atomic mass is 10.0. The summed E-state index contributed by atoms with van der Waals surface area (Å²) in [7, 11) is 0. The van der Waals surface area contributed by atoms with Crippen molar-refractivity contribution < 1.29 is 37.2 Å². The van der Waals surface area contributed by atoms with Gasteiger partial charge in [0.1, 0.15) is 29.8 Å². The van der Waals surface area contributed by atoms with Crippen molar-refractivity contribution in [2.75, 3.05) is 19.8 Å². The summed E-state index contributed by atoms with van der Waals surface area (Å²) in [5, 5.41) is 9.91. The van der Waals surface area contributed by atoms with Crippen molar-refractivity contribution in [3.8, 4) is 34.0 Å². The second-order valence-corrected chi connectivity index (χ2v) is 9.33. The fourth-order valence-corrected chi connectivity index (χ4v) is 4.81. The molecule has 2 fully saturated rings. The molecule has 4 aromatic rings. The summed E-state index contributed by atoms with van der Waals surface area (Å²) < 4.78 is 62.1. The molecule has 2 aromatic carbocycles. The molecule has 198 valence electrons. The van der Waals surface area contributed by atoms with E-state index in [0.717, 1.165) is 11.1 Å². The van der Waals surface area contributed by atoms with Gasteiger partial charge in [-0.25, -0.2) is 18.2 Å². The van der Waals surface area contributed by atoms with Gasteiger partial charge in [-0.1, -0.05) is 36.4 Å². The van der Waals surface area contributed by atoms with Gasteiger partial charge in [0, 0.05) is 24.1 Å². The molecule has 2 aliphatic heterocycles. The number of pyridine rings is 1. The van der Waals surface area contributed by atoms with Crippen molar-refractivity contribution in [3.63, 3.8) is 0 Å². The zero-order valence-corrected chi connectivity index (χ0v) is 20.1.